The summed E-state index contributed by atoms with van der Waals surface area (Å²) in [6.07, 6.45) is 3.95. The number of benzene rings is 1. The van der Waals surface area contributed by atoms with Crippen molar-refractivity contribution in [3.63, 3.8) is 0 Å². The third-order valence-electron chi connectivity index (χ3n) is 4.84. The van der Waals surface area contributed by atoms with Crippen LogP contribution in [-0.4, -0.2) is 31.5 Å². The van der Waals surface area contributed by atoms with Gasteiger partial charge in [-0.25, -0.2) is 0 Å². The van der Waals surface area contributed by atoms with Crippen molar-refractivity contribution in [3.05, 3.63) is 29.8 Å². The Balaban J connectivity index is 1.85. The molecule has 0 unspecified atom stereocenters. The molecule has 3 rings (SSSR count). The van der Waals surface area contributed by atoms with E-state index in [0.717, 1.165) is 44.6 Å². The lowest BCUT2D eigenvalue weighted by Gasteiger charge is -2.49. The van der Waals surface area contributed by atoms with Gasteiger partial charge in [-0.2, -0.15) is 0 Å². The first-order valence-corrected chi connectivity index (χ1v) is 7.15. The lowest BCUT2D eigenvalue weighted by Crippen LogP contribution is -2.53. The van der Waals surface area contributed by atoms with Crippen molar-refractivity contribution in [2.45, 2.75) is 37.2 Å². The number of aliphatic hydroxyl groups excluding tert-OH is 1. The van der Waals surface area contributed by atoms with Gasteiger partial charge in [-0.3, -0.25) is 0 Å². The molecule has 1 N–H and O–H groups in total. The van der Waals surface area contributed by atoms with Crippen LogP contribution in [0.1, 0.15) is 31.2 Å². The lowest BCUT2D eigenvalue weighted by atomic mass is 9.63. The summed E-state index contributed by atoms with van der Waals surface area (Å²) in [5, 5.41) is 9.68. The van der Waals surface area contributed by atoms with Crippen molar-refractivity contribution in [2.24, 2.45) is 5.92 Å². The molecule has 104 valence electrons. The molecule has 1 aliphatic heterocycles. The summed E-state index contributed by atoms with van der Waals surface area (Å²) in [6, 6.07) is 8.39. The Hall–Kier alpha value is -1.06. The third-order valence-corrected chi connectivity index (χ3v) is 4.84. The normalized spacial score (nSPS) is 29.6. The first kappa shape index (κ1) is 12.9. The highest BCUT2D eigenvalue weighted by atomic mass is 16.5. The van der Waals surface area contributed by atoms with Gasteiger partial charge in [-0.15, -0.1) is 0 Å². The summed E-state index contributed by atoms with van der Waals surface area (Å²) >= 11 is 0. The maximum atomic E-state index is 9.68. The maximum Gasteiger partial charge on any atom is 0.119 e. The topological polar surface area (TPSA) is 38.7 Å². The first-order chi connectivity index (χ1) is 9.24. The van der Waals surface area contributed by atoms with E-state index in [1.165, 1.54) is 5.56 Å². The fourth-order valence-corrected chi connectivity index (χ4v) is 3.52. The van der Waals surface area contributed by atoms with Crippen LogP contribution in [-0.2, 0) is 10.2 Å². The SMILES string of the molecule is COc1cccc(C2(C3CCC(O)CC3)COC2)c1. The predicted molar refractivity (Wildman–Crippen MR) is 73.5 cm³/mol. The molecule has 1 saturated heterocycles. The molecule has 1 aromatic rings. The van der Waals surface area contributed by atoms with E-state index in [4.69, 9.17) is 9.47 Å². The molecule has 0 bridgehead atoms. The number of aliphatic hydroxyl groups is 1. The van der Waals surface area contributed by atoms with Gasteiger partial charge >= 0.3 is 0 Å². The molecule has 0 aromatic heterocycles. The Morgan fingerprint density at radius 2 is 1.95 bits per heavy atom. The molecule has 0 amide bonds. The quantitative estimate of drug-likeness (QED) is 0.909. The van der Waals surface area contributed by atoms with Crippen molar-refractivity contribution in [1.29, 1.82) is 0 Å². The van der Waals surface area contributed by atoms with Crippen LogP contribution in [0.3, 0.4) is 0 Å². The molecule has 1 saturated carbocycles. The highest BCUT2D eigenvalue weighted by Crippen LogP contribution is 2.46. The Morgan fingerprint density at radius 3 is 2.53 bits per heavy atom. The van der Waals surface area contributed by atoms with Crippen LogP contribution in [0.4, 0.5) is 0 Å². The molecular weight excluding hydrogens is 240 g/mol. The van der Waals surface area contributed by atoms with Crippen molar-refractivity contribution < 1.29 is 14.6 Å². The highest BCUT2D eigenvalue weighted by molar-refractivity contribution is 5.36. The summed E-state index contributed by atoms with van der Waals surface area (Å²) in [5.41, 5.74) is 1.48. The van der Waals surface area contributed by atoms with Gasteiger partial charge < -0.3 is 14.6 Å². The molecular formula is C16H22O3. The molecule has 0 atom stereocenters. The van der Waals surface area contributed by atoms with Crippen molar-refractivity contribution in [1.82, 2.24) is 0 Å². The van der Waals surface area contributed by atoms with Gasteiger partial charge in [0.1, 0.15) is 5.75 Å². The third kappa shape index (κ3) is 2.26. The molecule has 19 heavy (non-hydrogen) atoms. The highest BCUT2D eigenvalue weighted by Gasteiger charge is 2.47. The number of rotatable bonds is 3. The average molecular weight is 262 g/mol. The van der Waals surface area contributed by atoms with Crippen LogP contribution in [0.5, 0.6) is 5.75 Å². The Labute approximate surface area is 114 Å². The van der Waals surface area contributed by atoms with Gasteiger partial charge in [0, 0.05) is 5.41 Å². The van der Waals surface area contributed by atoms with E-state index in [0.29, 0.717) is 5.92 Å². The van der Waals surface area contributed by atoms with E-state index in [9.17, 15) is 5.11 Å². The fourth-order valence-electron chi connectivity index (χ4n) is 3.52. The molecule has 1 heterocycles. The lowest BCUT2D eigenvalue weighted by molar-refractivity contribution is -0.103. The van der Waals surface area contributed by atoms with Crippen molar-refractivity contribution in [2.75, 3.05) is 20.3 Å². The smallest absolute Gasteiger partial charge is 0.119 e. The zero-order valence-corrected chi connectivity index (χ0v) is 11.5. The number of hydrogen-bond acceptors (Lipinski definition) is 3. The summed E-state index contributed by atoms with van der Waals surface area (Å²) < 4.78 is 10.9. The second-order valence-electron chi connectivity index (χ2n) is 5.89. The second kappa shape index (κ2) is 5.14. The predicted octanol–water partition coefficient (Wildman–Crippen LogP) is 2.51. The maximum absolute atomic E-state index is 9.68. The van der Waals surface area contributed by atoms with E-state index in [1.807, 2.05) is 6.07 Å². The van der Waals surface area contributed by atoms with E-state index in [-0.39, 0.29) is 11.5 Å². The minimum Gasteiger partial charge on any atom is -0.497 e. The van der Waals surface area contributed by atoms with Crippen LogP contribution in [0.25, 0.3) is 0 Å². The van der Waals surface area contributed by atoms with Gasteiger partial charge in [-0.1, -0.05) is 12.1 Å². The minimum atomic E-state index is -0.0976. The monoisotopic (exact) mass is 262 g/mol. The molecule has 2 aliphatic rings. The largest absolute Gasteiger partial charge is 0.497 e. The van der Waals surface area contributed by atoms with E-state index >= 15 is 0 Å². The number of ether oxygens (including phenoxy) is 2. The minimum absolute atomic E-state index is 0.0976. The van der Waals surface area contributed by atoms with Gasteiger partial charge in [0.25, 0.3) is 0 Å². The van der Waals surface area contributed by atoms with Gasteiger partial charge in [-0.05, 0) is 49.3 Å². The summed E-state index contributed by atoms with van der Waals surface area (Å²) in [7, 11) is 1.71. The molecule has 1 aromatic carbocycles. The van der Waals surface area contributed by atoms with Gasteiger partial charge in [0.2, 0.25) is 0 Å². The summed E-state index contributed by atoms with van der Waals surface area (Å²) in [5.74, 6) is 1.54. The summed E-state index contributed by atoms with van der Waals surface area (Å²) in [4.78, 5) is 0. The molecule has 3 nitrogen and oxygen atoms in total. The average Bonchev–Trinajstić information content (AvgIpc) is 2.40. The first-order valence-electron chi connectivity index (χ1n) is 7.15. The van der Waals surface area contributed by atoms with Gasteiger partial charge in [0.05, 0.1) is 26.4 Å². The molecule has 2 fully saturated rings. The van der Waals surface area contributed by atoms with Crippen LogP contribution < -0.4 is 4.74 Å². The van der Waals surface area contributed by atoms with E-state index in [1.54, 1.807) is 7.11 Å². The Bertz CT molecular complexity index is 431. The second-order valence-corrected chi connectivity index (χ2v) is 5.89. The van der Waals surface area contributed by atoms with Crippen LogP contribution in [0, 0.1) is 5.92 Å². The standard InChI is InChI=1S/C16H22O3/c1-18-15-4-2-3-13(9-15)16(10-19-11-16)12-5-7-14(17)8-6-12/h2-4,9,12,14,17H,5-8,10-11H2,1H3. The van der Waals surface area contributed by atoms with Gasteiger partial charge in [0.15, 0.2) is 0 Å². The molecule has 0 spiro atoms. The molecule has 0 radical (unpaired) electrons. The fraction of sp³-hybridized carbons (Fsp3) is 0.625. The Kier molecular flexibility index (Phi) is 3.50. The molecule has 3 heteroatoms. The Morgan fingerprint density at radius 1 is 1.21 bits per heavy atom. The van der Waals surface area contributed by atoms with Crippen LogP contribution >= 0.6 is 0 Å². The molecule has 1 aliphatic carbocycles. The van der Waals surface area contributed by atoms with Crippen molar-refractivity contribution >= 4 is 0 Å². The number of methoxy groups -OCH3 is 1. The summed E-state index contributed by atoms with van der Waals surface area (Å²) in [6.45, 7) is 1.61. The van der Waals surface area contributed by atoms with Crippen molar-refractivity contribution in [3.8, 4) is 5.75 Å². The number of hydrogen-bond donors (Lipinski definition) is 1. The van der Waals surface area contributed by atoms with Crippen LogP contribution in [0.15, 0.2) is 24.3 Å². The zero-order valence-electron chi connectivity index (χ0n) is 11.5. The zero-order chi connectivity index (χ0) is 13.3. The van der Waals surface area contributed by atoms with E-state index < -0.39 is 0 Å². The van der Waals surface area contributed by atoms with Crippen LogP contribution in [0.2, 0.25) is 0 Å². The van der Waals surface area contributed by atoms with E-state index in [2.05, 4.69) is 18.2 Å².